The van der Waals surface area contributed by atoms with Gasteiger partial charge in [-0.15, -0.1) is 0 Å². The number of ether oxygens (including phenoxy) is 1. The standard InChI is InChI=1S/C18H11Br3N2O4/c19-12-2-1-3-13(7-12)23-18(26)11(8-22)4-10-5-14(20)17(15(21)6-10)27-9-16(24)25/h1-7H,9H2,(H,23,26)(H,24,25)/b11-4-. The molecule has 0 saturated carbocycles. The maximum Gasteiger partial charge on any atom is 0.341 e. The Balaban J connectivity index is 2.25. The Hall–Kier alpha value is -2.15. The van der Waals surface area contributed by atoms with Crippen LogP contribution in [-0.2, 0) is 9.59 Å². The highest BCUT2D eigenvalue weighted by Crippen LogP contribution is 2.35. The monoisotopic (exact) mass is 556 g/mol. The molecular formula is C18H11Br3N2O4. The number of nitrogens with zero attached hydrogens (tertiary/aromatic N) is 1. The molecule has 6 nitrogen and oxygen atoms in total. The molecule has 1 amide bonds. The number of nitriles is 1. The quantitative estimate of drug-likeness (QED) is 0.385. The van der Waals surface area contributed by atoms with Crippen molar-refractivity contribution >= 4 is 71.4 Å². The molecule has 2 aromatic carbocycles. The van der Waals surface area contributed by atoms with Crippen LogP contribution in [0.3, 0.4) is 0 Å². The van der Waals surface area contributed by atoms with Gasteiger partial charge in [0.15, 0.2) is 6.61 Å². The Morgan fingerprint density at radius 1 is 1.19 bits per heavy atom. The van der Waals surface area contributed by atoms with Crippen molar-refractivity contribution < 1.29 is 19.4 Å². The molecule has 0 atom stereocenters. The molecule has 0 radical (unpaired) electrons. The average Bonchev–Trinajstić information content (AvgIpc) is 2.58. The Bertz CT molecular complexity index is 944. The van der Waals surface area contributed by atoms with Crippen molar-refractivity contribution in [1.82, 2.24) is 0 Å². The van der Waals surface area contributed by atoms with Gasteiger partial charge in [-0.2, -0.15) is 5.26 Å². The van der Waals surface area contributed by atoms with Gasteiger partial charge in [0.05, 0.1) is 8.95 Å². The minimum absolute atomic E-state index is 0.0898. The number of aliphatic carboxylic acids is 1. The fraction of sp³-hybridized carbons (Fsp3) is 0.0556. The maximum atomic E-state index is 12.3. The lowest BCUT2D eigenvalue weighted by atomic mass is 10.1. The van der Waals surface area contributed by atoms with Crippen molar-refractivity contribution in [2.75, 3.05) is 11.9 Å². The fourth-order valence-corrected chi connectivity index (χ4v) is 3.86. The Morgan fingerprint density at radius 2 is 1.85 bits per heavy atom. The molecule has 0 unspecified atom stereocenters. The number of halogens is 3. The molecule has 0 aliphatic rings. The fourth-order valence-electron chi connectivity index (χ4n) is 2.01. The molecule has 0 spiro atoms. The number of carboxylic acids is 1. The summed E-state index contributed by atoms with van der Waals surface area (Å²) in [5.74, 6) is -1.34. The van der Waals surface area contributed by atoms with E-state index in [9.17, 15) is 14.9 Å². The van der Waals surface area contributed by atoms with Crippen LogP contribution in [0.15, 0.2) is 55.4 Å². The van der Waals surface area contributed by atoms with Gasteiger partial charge in [-0.05, 0) is 73.8 Å². The minimum Gasteiger partial charge on any atom is -0.480 e. The molecule has 0 aromatic heterocycles. The van der Waals surface area contributed by atoms with Crippen molar-refractivity contribution in [2.45, 2.75) is 0 Å². The molecule has 2 N–H and O–H groups in total. The molecule has 0 saturated heterocycles. The van der Waals surface area contributed by atoms with Gasteiger partial charge in [0, 0.05) is 10.2 Å². The Kier molecular flexibility index (Phi) is 7.59. The molecule has 9 heteroatoms. The summed E-state index contributed by atoms with van der Waals surface area (Å²) in [6.45, 7) is -0.495. The maximum absolute atomic E-state index is 12.3. The molecule has 0 aliphatic carbocycles. The van der Waals surface area contributed by atoms with Gasteiger partial charge < -0.3 is 15.2 Å². The smallest absolute Gasteiger partial charge is 0.341 e. The van der Waals surface area contributed by atoms with Gasteiger partial charge in [0.25, 0.3) is 5.91 Å². The molecule has 0 aliphatic heterocycles. The summed E-state index contributed by atoms with van der Waals surface area (Å²) in [7, 11) is 0. The first-order valence-corrected chi connectivity index (χ1v) is 9.70. The SMILES string of the molecule is N#C/C(=C/c1cc(Br)c(OCC(=O)O)c(Br)c1)C(=O)Nc1cccc(Br)c1. The molecule has 27 heavy (non-hydrogen) atoms. The van der Waals surface area contributed by atoms with Crippen LogP contribution in [0.5, 0.6) is 5.75 Å². The first-order valence-electron chi connectivity index (χ1n) is 7.32. The van der Waals surface area contributed by atoms with Gasteiger partial charge in [-0.25, -0.2) is 4.79 Å². The third kappa shape index (κ3) is 6.20. The van der Waals surface area contributed by atoms with Gasteiger partial charge >= 0.3 is 5.97 Å². The molecule has 0 fully saturated rings. The van der Waals surface area contributed by atoms with Gasteiger partial charge in [0.1, 0.15) is 17.4 Å². The van der Waals surface area contributed by atoms with Crippen LogP contribution in [0.2, 0.25) is 0 Å². The number of nitrogens with one attached hydrogen (secondary N) is 1. The average molecular weight is 559 g/mol. The van der Waals surface area contributed by atoms with Crippen LogP contribution in [0.4, 0.5) is 5.69 Å². The van der Waals surface area contributed by atoms with Crippen LogP contribution >= 0.6 is 47.8 Å². The summed E-state index contributed by atoms with van der Waals surface area (Å²) in [6, 6.07) is 12.1. The Morgan fingerprint density at radius 3 is 2.41 bits per heavy atom. The van der Waals surface area contributed by atoms with E-state index in [0.29, 0.717) is 25.9 Å². The van der Waals surface area contributed by atoms with Crippen molar-refractivity contribution in [3.05, 3.63) is 61.0 Å². The molecular weight excluding hydrogens is 548 g/mol. The van der Waals surface area contributed by atoms with E-state index in [4.69, 9.17) is 9.84 Å². The summed E-state index contributed by atoms with van der Waals surface area (Å²) in [4.78, 5) is 23.0. The summed E-state index contributed by atoms with van der Waals surface area (Å²) < 4.78 is 6.95. The molecule has 2 aromatic rings. The lowest BCUT2D eigenvalue weighted by Crippen LogP contribution is -2.13. The summed E-state index contributed by atoms with van der Waals surface area (Å²) >= 11 is 9.90. The normalized spacial score (nSPS) is 10.8. The molecule has 138 valence electrons. The van der Waals surface area contributed by atoms with E-state index in [1.807, 2.05) is 12.1 Å². The predicted molar refractivity (Wildman–Crippen MR) is 111 cm³/mol. The van der Waals surface area contributed by atoms with E-state index in [2.05, 4.69) is 53.1 Å². The number of carbonyl (C=O) groups is 2. The zero-order chi connectivity index (χ0) is 20.0. The number of benzene rings is 2. The van der Waals surface area contributed by atoms with Crippen LogP contribution in [0.1, 0.15) is 5.56 Å². The highest BCUT2D eigenvalue weighted by atomic mass is 79.9. The highest BCUT2D eigenvalue weighted by Gasteiger charge is 2.13. The molecule has 0 bridgehead atoms. The van der Waals surface area contributed by atoms with Crippen LogP contribution < -0.4 is 10.1 Å². The van der Waals surface area contributed by atoms with Crippen LogP contribution in [-0.4, -0.2) is 23.6 Å². The lowest BCUT2D eigenvalue weighted by molar-refractivity contribution is -0.139. The predicted octanol–water partition coefficient (Wildman–Crippen LogP) is 4.98. The largest absolute Gasteiger partial charge is 0.480 e. The number of hydrogen-bond acceptors (Lipinski definition) is 4. The van der Waals surface area contributed by atoms with Crippen molar-refractivity contribution in [3.8, 4) is 11.8 Å². The van der Waals surface area contributed by atoms with E-state index in [1.54, 1.807) is 30.3 Å². The number of carbonyl (C=O) groups excluding carboxylic acids is 1. The van der Waals surface area contributed by atoms with E-state index < -0.39 is 18.5 Å². The first-order chi connectivity index (χ1) is 12.8. The summed E-state index contributed by atoms with van der Waals surface area (Å²) in [6.07, 6.45) is 1.42. The number of amides is 1. The molecule has 2 rings (SSSR count). The van der Waals surface area contributed by atoms with Gasteiger partial charge in [-0.3, -0.25) is 4.79 Å². The zero-order valence-corrected chi connectivity index (χ0v) is 18.3. The number of hydrogen-bond donors (Lipinski definition) is 2. The van der Waals surface area contributed by atoms with Gasteiger partial charge in [0.2, 0.25) is 0 Å². The van der Waals surface area contributed by atoms with E-state index in [-0.39, 0.29) is 5.57 Å². The topological polar surface area (TPSA) is 99.4 Å². The zero-order valence-electron chi connectivity index (χ0n) is 13.5. The second-order valence-electron chi connectivity index (χ2n) is 5.13. The van der Waals surface area contributed by atoms with E-state index in [0.717, 1.165) is 4.47 Å². The van der Waals surface area contributed by atoms with E-state index in [1.165, 1.54) is 6.08 Å². The van der Waals surface area contributed by atoms with Crippen molar-refractivity contribution in [1.29, 1.82) is 5.26 Å². The van der Waals surface area contributed by atoms with Crippen molar-refractivity contribution in [3.63, 3.8) is 0 Å². The van der Waals surface area contributed by atoms with Crippen LogP contribution in [0, 0.1) is 11.3 Å². The highest BCUT2D eigenvalue weighted by molar-refractivity contribution is 9.11. The lowest BCUT2D eigenvalue weighted by Gasteiger charge is -2.10. The second-order valence-corrected chi connectivity index (χ2v) is 7.75. The summed E-state index contributed by atoms with van der Waals surface area (Å²) in [5, 5.41) is 20.7. The third-order valence-corrected chi connectivity index (χ3v) is 4.79. The van der Waals surface area contributed by atoms with Crippen LogP contribution in [0.25, 0.3) is 6.08 Å². The number of carboxylic acid groups (broad SMARTS) is 1. The second kappa shape index (κ2) is 9.69. The molecule has 0 heterocycles. The summed E-state index contributed by atoms with van der Waals surface area (Å²) in [5.41, 5.74) is 1.01. The van der Waals surface area contributed by atoms with E-state index >= 15 is 0 Å². The number of anilines is 1. The number of rotatable bonds is 6. The van der Waals surface area contributed by atoms with Gasteiger partial charge in [-0.1, -0.05) is 22.0 Å². The third-order valence-electron chi connectivity index (χ3n) is 3.12. The first kappa shape index (κ1) is 21.2. The Labute approximate surface area is 180 Å². The minimum atomic E-state index is -1.10. The van der Waals surface area contributed by atoms with Crippen molar-refractivity contribution in [2.24, 2.45) is 0 Å².